The fourth-order valence-electron chi connectivity index (χ4n) is 1.37. The molecule has 0 amide bonds. The summed E-state index contributed by atoms with van der Waals surface area (Å²) >= 11 is 11.7. The molecule has 1 aromatic heterocycles. The van der Waals surface area contributed by atoms with Gasteiger partial charge in [0.2, 0.25) is 0 Å². The second kappa shape index (κ2) is 4.69. The van der Waals surface area contributed by atoms with E-state index in [-0.39, 0.29) is 0 Å². The number of hydrogen-bond donors (Lipinski definition) is 0. The van der Waals surface area contributed by atoms with Gasteiger partial charge in [-0.3, -0.25) is 0 Å². The molecule has 0 atom stereocenters. The van der Waals surface area contributed by atoms with E-state index in [4.69, 9.17) is 23.2 Å². The third-order valence-electron chi connectivity index (χ3n) is 2.12. The number of alkyl halides is 1. The Bertz CT molecular complexity index is 451. The number of benzene rings is 1. The highest BCUT2D eigenvalue weighted by Crippen LogP contribution is 2.19. The van der Waals surface area contributed by atoms with Gasteiger partial charge in [-0.2, -0.15) is 5.10 Å². The molecule has 0 aliphatic heterocycles. The van der Waals surface area contributed by atoms with Gasteiger partial charge in [-0.05, 0) is 24.1 Å². The summed E-state index contributed by atoms with van der Waals surface area (Å²) in [5, 5.41) is 4.93. The normalized spacial score (nSPS) is 10.5. The summed E-state index contributed by atoms with van der Waals surface area (Å²) in [4.78, 5) is 0. The maximum atomic E-state index is 6.06. The van der Waals surface area contributed by atoms with Gasteiger partial charge >= 0.3 is 0 Å². The van der Waals surface area contributed by atoms with Crippen LogP contribution in [-0.4, -0.2) is 15.7 Å². The SMILES string of the molecule is ClCCc1cnn(-c2ccccc2Cl)c1. The lowest BCUT2D eigenvalue weighted by Gasteiger charge is -2.02. The van der Waals surface area contributed by atoms with Crippen LogP contribution in [0.2, 0.25) is 5.02 Å². The Kier molecular flexibility index (Phi) is 3.29. The number of hydrogen-bond acceptors (Lipinski definition) is 1. The Hall–Kier alpha value is -0.990. The second-order valence-corrected chi connectivity index (χ2v) is 3.97. The molecule has 0 saturated carbocycles. The average molecular weight is 241 g/mol. The number of rotatable bonds is 3. The molecule has 0 spiro atoms. The minimum Gasteiger partial charge on any atom is -0.239 e. The van der Waals surface area contributed by atoms with Crippen molar-refractivity contribution in [3.63, 3.8) is 0 Å². The predicted octanol–water partition coefficient (Wildman–Crippen LogP) is 3.31. The number of aryl methyl sites for hydroxylation is 1. The molecule has 0 aliphatic rings. The van der Waals surface area contributed by atoms with E-state index in [2.05, 4.69) is 5.10 Å². The van der Waals surface area contributed by atoms with E-state index in [1.165, 1.54) is 0 Å². The van der Waals surface area contributed by atoms with Gasteiger partial charge in [0.25, 0.3) is 0 Å². The summed E-state index contributed by atoms with van der Waals surface area (Å²) < 4.78 is 1.77. The first kappa shape index (κ1) is 10.5. The van der Waals surface area contributed by atoms with Crippen molar-refractivity contribution in [3.8, 4) is 5.69 Å². The minimum atomic E-state index is 0.605. The van der Waals surface area contributed by atoms with Crippen molar-refractivity contribution in [2.24, 2.45) is 0 Å². The summed E-state index contributed by atoms with van der Waals surface area (Å²) in [5.74, 6) is 0.605. The van der Waals surface area contributed by atoms with E-state index in [1.54, 1.807) is 4.68 Å². The zero-order valence-corrected chi connectivity index (χ0v) is 9.54. The molecule has 2 nitrogen and oxygen atoms in total. The Balaban J connectivity index is 2.33. The van der Waals surface area contributed by atoms with Crippen LogP contribution in [0.3, 0.4) is 0 Å². The molecule has 0 aliphatic carbocycles. The molecule has 78 valence electrons. The monoisotopic (exact) mass is 240 g/mol. The standard InChI is InChI=1S/C11H10Cl2N2/c12-6-5-9-7-14-15(8-9)11-4-2-1-3-10(11)13/h1-4,7-8H,5-6H2. The van der Waals surface area contributed by atoms with Crippen LogP contribution in [0.15, 0.2) is 36.7 Å². The Morgan fingerprint density at radius 3 is 2.80 bits per heavy atom. The first-order valence-corrected chi connectivity index (χ1v) is 5.57. The molecule has 4 heteroatoms. The summed E-state index contributed by atoms with van der Waals surface area (Å²) in [6.45, 7) is 0. The van der Waals surface area contributed by atoms with E-state index in [9.17, 15) is 0 Å². The van der Waals surface area contributed by atoms with Gasteiger partial charge in [-0.25, -0.2) is 4.68 Å². The van der Waals surface area contributed by atoms with Gasteiger partial charge in [0.05, 0.1) is 16.9 Å². The second-order valence-electron chi connectivity index (χ2n) is 3.18. The summed E-state index contributed by atoms with van der Waals surface area (Å²) in [6, 6.07) is 7.61. The lowest BCUT2D eigenvalue weighted by atomic mass is 10.3. The van der Waals surface area contributed by atoms with E-state index in [1.807, 2.05) is 36.7 Å². The van der Waals surface area contributed by atoms with Crippen molar-refractivity contribution >= 4 is 23.2 Å². The maximum Gasteiger partial charge on any atom is 0.0831 e. The zero-order valence-electron chi connectivity index (χ0n) is 8.03. The Morgan fingerprint density at radius 2 is 2.07 bits per heavy atom. The van der Waals surface area contributed by atoms with Gasteiger partial charge in [0, 0.05) is 12.1 Å². The first-order chi connectivity index (χ1) is 7.31. The number of para-hydroxylation sites is 1. The number of halogens is 2. The summed E-state index contributed by atoms with van der Waals surface area (Å²) in [6.07, 6.45) is 4.58. The fraction of sp³-hybridized carbons (Fsp3) is 0.182. The van der Waals surface area contributed by atoms with Crippen LogP contribution in [0.5, 0.6) is 0 Å². The van der Waals surface area contributed by atoms with Crippen molar-refractivity contribution in [1.29, 1.82) is 0 Å². The number of aromatic nitrogens is 2. The topological polar surface area (TPSA) is 17.8 Å². The molecule has 0 fully saturated rings. The van der Waals surface area contributed by atoms with E-state index < -0.39 is 0 Å². The third-order valence-corrected chi connectivity index (χ3v) is 2.63. The van der Waals surface area contributed by atoms with Crippen LogP contribution in [0, 0.1) is 0 Å². The molecule has 0 saturated heterocycles. The first-order valence-electron chi connectivity index (χ1n) is 4.65. The molecule has 15 heavy (non-hydrogen) atoms. The minimum absolute atomic E-state index is 0.605. The highest BCUT2D eigenvalue weighted by Gasteiger charge is 2.03. The summed E-state index contributed by atoms with van der Waals surface area (Å²) in [5.41, 5.74) is 2.00. The molecule has 0 bridgehead atoms. The molecule has 0 N–H and O–H groups in total. The van der Waals surface area contributed by atoms with Gasteiger partial charge in [0.15, 0.2) is 0 Å². The smallest absolute Gasteiger partial charge is 0.0831 e. The van der Waals surface area contributed by atoms with Crippen LogP contribution < -0.4 is 0 Å². The van der Waals surface area contributed by atoms with Crippen LogP contribution in [0.1, 0.15) is 5.56 Å². The van der Waals surface area contributed by atoms with Crippen molar-refractivity contribution in [2.75, 3.05) is 5.88 Å². The number of nitrogens with zero attached hydrogens (tertiary/aromatic N) is 2. The van der Waals surface area contributed by atoms with Crippen molar-refractivity contribution in [2.45, 2.75) is 6.42 Å². The Labute approximate surface area is 98.4 Å². The molecule has 0 radical (unpaired) electrons. The predicted molar refractivity (Wildman–Crippen MR) is 63.0 cm³/mol. The van der Waals surface area contributed by atoms with Crippen molar-refractivity contribution in [1.82, 2.24) is 9.78 Å². The van der Waals surface area contributed by atoms with Crippen LogP contribution in [0.25, 0.3) is 5.69 Å². The maximum absolute atomic E-state index is 6.06. The highest BCUT2D eigenvalue weighted by atomic mass is 35.5. The quantitative estimate of drug-likeness (QED) is 0.754. The van der Waals surface area contributed by atoms with Crippen molar-refractivity contribution in [3.05, 3.63) is 47.2 Å². The van der Waals surface area contributed by atoms with E-state index in [0.29, 0.717) is 10.9 Å². The van der Waals surface area contributed by atoms with Gasteiger partial charge < -0.3 is 0 Å². The lowest BCUT2D eigenvalue weighted by molar-refractivity contribution is 0.880. The molecule has 0 unspecified atom stereocenters. The van der Waals surface area contributed by atoms with Crippen LogP contribution in [-0.2, 0) is 6.42 Å². The molecule has 1 aromatic carbocycles. The molecule has 2 aromatic rings. The van der Waals surface area contributed by atoms with Crippen molar-refractivity contribution < 1.29 is 0 Å². The van der Waals surface area contributed by atoms with E-state index in [0.717, 1.165) is 17.7 Å². The average Bonchev–Trinajstić information content (AvgIpc) is 2.68. The summed E-state index contributed by atoms with van der Waals surface area (Å²) in [7, 11) is 0. The fourth-order valence-corrected chi connectivity index (χ4v) is 1.81. The van der Waals surface area contributed by atoms with Gasteiger partial charge in [-0.15, -0.1) is 11.6 Å². The molecule has 1 heterocycles. The zero-order chi connectivity index (χ0) is 10.7. The third kappa shape index (κ3) is 2.33. The molecular weight excluding hydrogens is 231 g/mol. The largest absolute Gasteiger partial charge is 0.239 e. The lowest BCUT2D eigenvalue weighted by Crippen LogP contribution is -1.94. The molecule has 2 rings (SSSR count). The van der Waals surface area contributed by atoms with Gasteiger partial charge in [0.1, 0.15) is 0 Å². The highest BCUT2D eigenvalue weighted by molar-refractivity contribution is 6.32. The van der Waals surface area contributed by atoms with E-state index >= 15 is 0 Å². The Morgan fingerprint density at radius 1 is 1.27 bits per heavy atom. The van der Waals surface area contributed by atoms with Crippen LogP contribution in [0.4, 0.5) is 0 Å². The van der Waals surface area contributed by atoms with Gasteiger partial charge in [-0.1, -0.05) is 23.7 Å². The van der Waals surface area contributed by atoms with Crippen LogP contribution >= 0.6 is 23.2 Å². The molecular formula is C11H10Cl2N2.